The fraction of sp³-hybridized carbons (Fsp3) is 0.211. The predicted octanol–water partition coefficient (Wildman–Crippen LogP) is 2.96. The Labute approximate surface area is 156 Å². The molecular weight excluding hydrogens is 354 g/mol. The van der Waals surface area contributed by atoms with Gasteiger partial charge in [0, 0.05) is 16.4 Å². The van der Waals surface area contributed by atoms with Crippen molar-refractivity contribution in [1.29, 1.82) is 0 Å². The number of hydrogen-bond donors (Lipinski definition) is 3. The van der Waals surface area contributed by atoms with Crippen molar-refractivity contribution >= 4 is 40.7 Å². The third kappa shape index (κ3) is 5.32. The second-order valence-electron chi connectivity index (χ2n) is 5.97. The van der Waals surface area contributed by atoms with Gasteiger partial charge in [-0.2, -0.15) is 0 Å². The molecule has 2 aromatic carbocycles. The van der Waals surface area contributed by atoms with Crippen molar-refractivity contribution in [2.24, 2.45) is 0 Å². The van der Waals surface area contributed by atoms with E-state index >= 15 is 0 Å². The number of aryl methyl sites for hydroxylation is 2. The van der Waals surface area contributed by atoms with E-state index in [1.165, 1.54) is 0 Å². The SMILES string of the molecule is Cc1cc(C)cc(NC(=O)C(=O)NCC(=O)Nc2cccc(Cl)c2C)c1. The first-order valence-electron chi connectivity index (χ1n) is 7.98. The van der Waals surface area contributed by atoms with Gasteiger partial charge in [-0.3, -0.25) is 14.4 Å². The van der Waals surface area contributed by atoms with E-state index < -0.39 is 17.7 Å². The maximum atomic E-state index is 12.0. The quantitative estimate of drug-likeness (QED) is 0.720. The minimum atomic E-state index is -0.887. The third-order valence-electron chi connectivity index (χ3n) is 3.64. The number of amides is 3. The molecule has 0 saturated heterocycles. The van der Waals surface area contributed by atoms with Crippen molar-refractivity contribution in [3.05, 3.63) is 58.1 Å². The Hall–Kier alpha value is -2.86. The predicted molar refractivity (Wildman–Crippen MR) is 102 cm³/mol. The van der Waals surface area contributed by atoms with Crippen LogP contribution in [0.5, 0.6) is 0 Å². The van der Waals surface area contributed by atoms with Gasteiger partial charge in [0.2, 0.25) is 5.91 Å². The van der Waals surface area contributed by atoms with Crippen molar-refractivity contribution in [1.82, 2.24) is 5.32 Å². The summed E-state index contributed by atoms with van der Waals surface area (Å²) in [5.41, 5.74) is 3.74. The van der Waals surface area contributed by atoms with Crippen molar-refractivity contribution in [2.45, 2.75) is 20.8 Å². The highest BCUT2D eigenvalue weighted by atomic mass is 35.5. The molecule has 0 saturated carbocycles. The fourth-order valence-electron chi connectivity index (χ4n) is 2.41. The molecule has 0 heterocycles. The highest BCUT2D eigenvalue weighted by molar-refractivity contribution is 6.40. The van der Waals surface area contributed by atoms with Crippen LogP contribution in [0.4, 0.5) is 11.4 Å². The number of nitrogens with one attached hydrogen (secondary N) is 3. The first-order chi connectivity index (χ1) is 12.3. The lowest BCUT2D eigenvalue weighted by molar-refractivity contribution is -0.136. The second kappa shape index (κ2) is 8.49. The average molecular weight is 374 g/mol. The molecule has 0 atom stereocenters. The molecule has 3 N–H and O–H groups in total. The van der Waals surface area contributed by atoms with Crippen molar-refractivity contribution in [3.8, 4) is 0 Å². The Morgan fingerprint density at radius 3 is 2.23 bits per heavy atom. The van der Waals surface area contributed by atoms with Gasteiger partial charge in [-0.25, -0.2) is 0 Å². The molecule has 7 heteroatoms. The van der Waals surface area contributed by atoms with E-state index in [-0.39, 0.29) is 6.54 Å². The summed E-state index contributed by atoms with van der Waals surface area (Å²) in [7, 11) is 0. The van der Waals surface area contributed by atoms with E-state index in [0.717, 1.165) is 16.7 Å². The van der Waals surface area contributed by atoms with Gasteiger partial charge in [0.25, 0.3) is 0 Å². The van der Waals surface area contributed by atoms with Gasteiger partial charge in [0.15, 0.2) is 0 Å². The van der Waals surface area contributed by atoms with Gasteiger partial charge in [-0.15, -0.1) is 0 Å². The molecular formula is C19H20ClN3O3. The zero-order valence-corrected chi connectivity index (χ0v) is 15.5. The van der Waals surface area contributed by atoms with Gasteiger partial charge in [-0.05, 0) is 61.7 Å². The molecule has 3 amide bonds. The molecule has 0 fully saturated rings. The van der Waals surface area contributed by atoms with Crippen LogP contribution in [-0.2, 0) is 14.4 Å². The monoisotopic (exact) mass is 373 g/mol. The fourth-order valence-corrected chi connectivity index (χ4v) is 2.59. The average Bonchev–Trinajstić information content (AvgIpc) is 2.55. The van der Waals surface area contributed by atoms with E-state index in [2.05, 4.69) is 16.0 Å². The molecule has 0 unspecified atom stereocenters. The summed E-state index contributed by atoms with van der Waals surface area (Å²) >= 11 is 5.99. The summed E-state index contributed by atoms with van der Waals surface area (Å²) in [6, 6.07) is 10.6. The van der Waals surface area contributed by atoms with Crippen LogP contribution in [0.2, 0.25) is 5.02 Å². The summed E-state index contributed by atoms with van der Waals surface area (Å²) in [5, 5.41) is 7.97. The lowest BCUT2D eigenvalue weighted by atomic mass is 10.1. The zero-order chi connectivity index (χ0) is 19.3. The molecule has 0 radical (unpaired) electrons. The number of halogens is 1. The van der Waals surface area contributed by atoms with Gasteiger partial charge in [0.1, 0.15) is 0 Å². The molecule has 0 aliphatic heterocycles. The van der Waals surface area contributed by atoms with Crippen LogP contribution in [0.15, 0.2) is 36.4 Å². The molecule has 0 aromatic heterocycles. The molecule has 6 nitrogen and oxygen atoms in total. The van der Waals surface area contributed by atoms with Crippen LogP contribution in [0.1, 0.15) is 16.7 Å². The Morgan fingerprint density at radius 2 is 1.58 bits per heavy atom. The van der Waals surface area contributed by atoms with Gasteiger partial charge in [0.05, 0.1) is 6.54 Å². The molecule has 0 aliphatic carbocycles. The summed E-state index contributed by atoms with van der Waals surface area (Å²) in [4.78, 5) is 35.8. The summed E-state index contributed by atoms with van der Waals surface area (Å²) < 4.78 is 0. The van der Waals surface area contributed by atoms with E-state index in [0.29, 0.717) is 16.4 Å². The first-order valence-corrected chi connectivity index (χ1v) is 8.36. The van der Waals surface area contributed by atoms with Gasteiger partial charge >= 0.3 is 11.8 Å². The summed E-state index contributed by atoms with van der Waals surface area (Å²) in [6.07, 6.45) is 0. The number of carbonyl (C=O) groups excluding carboxylic acids is 3. The van der Waals surface area contributed by atoms with Crippen LogP contribution >= 0.6 is 11.6 Å². The van der Waals surface area contributed by atoms with E-state index in [1.807, 2.05) is 19.9 Å². The number of hydrogen-bond acceptors (Lipinski definition) is 3. The molecule has 136 valence electrons. The summed E-state index contributed by atoms with van der Waals surface area (Å²) in [6.45, 7) is 5.23. The maximum Gasteiger partial charge on any atom is 0.313 e. The van der Waals surface area contributed by atoms with Crippen LogP contribution in [-0.4, -0.2) is 24.3 Å². The Bertz CT molecular complexity index is 845. The number of benzene rings is 2. The highest BCUT2D eigenvalue weighted by Crippen LogP contribution is 2.22. The van der Waals surface area contributed by atoms with E-state index in [1.54, 1.807) is 37.3 Å². The van der Waals surface area contributed by atoms with Crippen molar-refractivity contribution < 1.29 is 14.4 Å². The highest BCUT2D eigenvalue weighted by Gasteiger charge is 2.15. The molecule has 2 rings (SSSR count). The van der Waals surface area contributed by atoms with E-state index in [9.17, 15) is 14.4 Å². The smallest absolute Gasteiger partial charge is 0.313 e. The van der Waals surface area contributed by atoms with Crippen LogP contribution in [0, 0.1) is 20.8 Å². The van der Waals surface area contributed by atoms with Crippen molar-refractivity contribution in [3.63, 3.8) is 0 Å². The maximum absolute atomic E-state index is 12.0. The Morgan fingerprint density at radius 1 is 0.923 bits per heavy atom. The minimum absolute atomic E-state index is 0.328. The van der Waals surface area contributed by atoms with Gasteiger partial charge < -0.3 is 16.0 Å². The first kappa shape index (κ1) is 19.5. The number of carbonyl (C=O) groups is 3. The van der Waals surface area contributed by atoms with Gasteiger partial charge in [-0.1, -0.05) is 23.7 Å². The summed E-state index contributed by atoms with van der Waals surface area (Å²) in [5.74, 6) is -2.17. The normalized spacial score (nSPS) is 10.2. The van der Waals surface area contributed by atoms with E-state index in [4.69, 9.17) is 11.6 Å². The Kier molecular flexibility index (Phi) is 6.36. The second-order valence-corrected chi connectivity index (χ2v) is 6.38. The molecule has 2 aromatic rings. The zero-order valence-electron chi connectivity index (χ0n) is 14.8. The topological polar surface area (TPSA) is 87.3 Å². The third-order valence-corrected chi connectivity index (χ3v) is 4.05. The lowest BCUT2D eigenvalue weighted by Gasteiger charge is -2.10. The molecule has 26 heavy (non-hydrogen) atoms. The number of anilines is 2. The van der Waals surface area contributed by atoms with Crippen LogP contribution in [0.3, 0.4) is 0 Å². The van der Waals surface area contributed by atoms with Crippen LogP contribution < -0.4 is 16.0 Å². The van der Waals surface area contributed by atoms with Crippen molar-refractivity contribution in [2.75, 3.05) is 17.2 Å². The minimum Gasteiger partial charge on any atom is -0.339 e. The largest absolute Gasteiger partial charge is 0.339 e. The van der Waals surface area contributed by atoms with Crippen LogP contribution in [0.25, 0.3) is 0 Å². The molecule has 0 aliphatic rings. The molecule has 0 spiro atoms. The lowest BCUT2D eigenvalue weighted by Crippen LogP contribution is -2.39. The molecule has 0 bridgehead atoms. The standard InChI is InChI=1S/C19H20ClN3O3/c1-11-7-12(2)9-14(8-11)22-19(26)18(25)21-10-17(24)23-16-6-4-5-15(20)13(16)3/h4-9H,10H2,1-3H3,(H,21,25)(H,22,26)(H,23,24). The Balaban J connectivity index is 1.88. The number of rotatable bonds is 4.